The topological polar surface area (TPSA) is 0 Å². The van der Waals surface area contributed by atoms with E-state index in [0.29, 0.717) is 9.65 Å². The molecular formula is C6H14Br2. The molecule has 8 heavy (non-hydrogen) atoms. The summed E-state index contributed by atoms with van der Waals surface area (Å²) >= 11 is 6.54. The van der Waals surface area contributed by atoms with Crippen LogP contribution < -0.4 is 0 Å². The Morgan fingerprint density at radius 1 is 0.750 bits per heavy atom. The van der Waals surface area contributed by atoms with Crippen LogP contribution in [0.5, 0.6) is 0 Å². The number of alkyl halides is 2. The summed E-state index contributed by atoms with van der Waals surface area (Å²) in [7, 11) is 0. The van der Waals surface area contributed by atoms with Crippen LogP contribution in [-0.4, -0.2) is 9.65 Å². The van der Waals surface area contributed by atoms with Gasteiger partial charge < -0.3 is 0 Å². The van der Waals surface area contributed by atoms with Crippen molar-refractivity contribution in [1.82, 2.24) is 0 Å². The van der Waals surface area contributed by atoms with Gasteiger partial charge >= 0.3 is 0 Å². The Morgan fingerprint density at radius 2 is 0.750 bits per heavy atom. The second kappa shape index (κ2) is 7.96. The highest BCUT2D eigenvalue weighted by Crippen LogP contribution is 1.90. The molecule has 0 aliphatic rings. The van der Waals surface area contributed by atoms with E-state index in [-0.39, 0.29) is 0 Å². The van der Waals surface area contributed by atoms with Crippen LogP contribution in [0.4, 0.5) is 0 Å². The number of rotatable bonds is 0. The fourth-order valence-electron chi connectivity index (χ4n) is 0. The van der Waals surface area contributed by atoms with Gasteiger partial charge in [0.25, 0.3) is 0 Å². The van der Waals surface area contributed by atoms with Crippen molar-refractivity contribution in [1.29, 1.82) is 0 Å². The van der Waals surface area contributed by atoms with Crippen molar-refractivity contribution in [2.24, 2.45) is 0 Å². The van der Waals surface area contributed by atoms with Crippen molar-refractivity contribution in [3.63, 3.8) is 0 Å². The molecule has 0 rings (SSSR count). The van der Waals surface area contributed by atoms with Crippen LogP contribution in [0.15, 0.2) is 0 Å². The molecule has 0 aromatic rings. The lowest BCUT2D eigenvalue weighted by atomic mass is 10.6. The van der Waals surface area contributed by atoms with Crippen molar-refractivity contribution < 1.29 is 0 Å². The molecule has 0 heterocycles. The van der Waals surface area contributed by atoms with E-state index in [4.69, 9.17) is 0 Å². The van der Waals surface area contributed by atoms with Gasteiger partial charge in [-0.1, -0.05) is 59.6 Å². The Bertz CT molecular complexity index is 22.0. The van der Waals surface area contributed by atoms with Crippen molar-refractivity contribution in [2.75, 3.05) is 0 Å². The maximum atomic E-state index is 3.27. The van der Waals surface area contributed by atoms with E-state index in [9.17, 15) is 0 Å². The van der Waals surface area contributed by atoms with Gasteiger partial charge in [0.15, 0.2) is 0 Å². The van der Waals surface area contributed by atoms with Crippen molar-refractivity contribution in [2.45, 2.75) is 37.3 Å². The minimum Gasteiger partial charge on any atom is -0.0897 e. The number of halogens is 2. The number of hydrogen-bond acceptors (Lipinski definition) is 0. The summed E-state index contributed by atoms with van der Waals surface area (Å²) in [5.74, 6) is 0. The van der Waals surface area contributed by atoms with Crippen LogP contribution in [0.3, 0.4) is 0 Å². The molecule has 0 aliphatic carbocycles. The monoisotopic (exact) mass is 244 g/mol. The molecule has 2 heteroatoms. The Morgan fingerprint density at radius 3 is 0.750 bits per heavy atom. The zero-order chi connectivity index (χ0) is 7.15. The predicted molar refractivity (Wildman–Crippen MR) is 48.1 cm³/mol. The van der Waals surface area contributed by atoms with Gasteiger partial charge in [-0.25, -0.2) is 0 Å². The van der Waals surface area contributed by atoms with E-state index in [1.54, 1.807) is 0 Å². The quantitative estimate of drug-likeness (QED) is 0.573. The van der Waals surface area contributed by atoms with Crippen molar-refractivity contribution in [3.05, 3.63) is 0 Å². The normalized spacial score (nSPS) is 9.00. The first-order valence-corrected chi connectivity index (χ1v) is 4.58. The summed E-state index contributed by atoms with van der Waals surface area (Å²) in [6, 6.07) is 0. The predicted octanol–water partition coefficient (Wildman–Crippen LogP) is 3.58. The summed E-state index contributed by atoms with van der Waals surface area (Å²) in [6.07, 6.45) is 0. The van der Waals surface area contributed by atoms with Gasteiger partial charge in [0, 0.05) is 9.65 Å². The van der Waals surface area contributed by atoms with Crippen LogP contribution in [0, 0.1) is 0 Å². The lowest BCUT2D eigenvalue weighted by Crippen LogP contribution is -1.69. The maximum absolute atomic E-state index is 3.27. The van der Waals surface area contributed by atoms with E-state index in [1.807, 2.05) is 0 Å². The zero-order valence-corrected chi connectivity index (χ0v) is 9.08. The fourth-order valence-corrected chi connectivity index (χ4v) is 0. The summed E-state index contributed by atoms with van der Waals surface area (Å²) in [5.41, 5.74) is 0. The van der Waals surface area contributed by atoms with Gasteiger partial charge in [-0.2, -0.15) is 0 Å². The Hall–Kier alpha value is 0.960. The molecule has 0 saturated heterocycles. The first-order chi connectivity index (χ1) is 3.46. The highest BCUT2D eigenvalue weighted by Gasteiger charge is 1.71. The summed E-state index contributed by atoms with van der Waals surface area (Å²) in [6.45, 7) is 8.33. The third kappa shape index (κ3) is 268. The Balaban J connectivity index is 0. The van der Waals surface area contributed by atoms with Crippen LogP contribution in [-0.2, 0) is 0 Å². The average molecular weight is 246 g/mol. The van der Waals surface area contributed by atoms with E-state index in [2.05, 4.69) is 59.6 Å². The van der Waals surface area contributed by atoms with Crippen LogP contribution in [0.1, 0.15) is 27.7 Å². The maximum Gasteiger partial charge on any atom is 0.00888 e. The molecule has 0 spiro atoms. The van der Waals surface area contributed by atoms with E-state index in [1.165, 1.54) is 0 Å². The Labute approximate surface area is 69.3 Å². The molecular weight excluding hydrogens is 232 g/mol. The molecule has 0 bridgehead atoms. The van der Waals surface area contributed by atoms with Crippen LogP contribution in [0.2, 0.25) is 0 Å². The third-order valence-corrected chi connectivity index (χ3v) is 0. The lowest BCUT2D eigenvalue weighted by Gasteiger charge is -1.76. The second-order valence-electron chi connectivity index (χ2n) is 2.03. The molecule has 0 unspecified atom stereocenters. The van der Waals surface area contributed by atoms with Crippen molar-refractivity contribution >= 4 is 31.9 Å². The highest BCUT2D eigenvalue weighted by atomic mass is 79.9. The minimum absolute atomic E-state index is 0.646. The van der Waals surface area contributed by atoms with Crippen LogP contribution in [0.25, 0.3) is 0 Å². The first-order valence-electron chi connectivity index (χ1n) is 2.75. The second-order valence-corrected chi connectivity index (χ2v) is 5.69. The highest BCUT2D eigenvalue weighted by molar-refractivity contribution is 9.09. The largest absolute Gasteiger partial charge is 0.0897 e. The summed E-state index contributed by atoms with van der Waals surface area (Å²) in [4.78, 5) is 1.29. The molecule has 0 saturated carbocycles. The lowest BCUT2D eigenvalue weighted by molar-refractivity contribution is 1.14. The Kier molecular flexibility index (Phi) is 11.7. The minimum atomic E-state index is 0.646. The standard InChI is InChI=1S/2C3H7Br/c2*1-3(2)4/h2*3H,1-2H3. The molecule has 0 atom stereocenters. The molecule has 0 aromatic carbocycles. The van der Waals surface area contributed by atoms with E-state index < -0.39 is 0 Å². The van der Waals surface area contributed by atoms with Gasteiger partial charge in [0.1, 0.15) is 0 Å². The SMILES string of the molecule is CC(C)Br.CC(C)Br. The zero-order valence-electron chi connectivity index (χ0n) is 5.91. The van der Waals surface area contributed by atoms with Gasteiger partial charge in [-0.15, -0.1) is 0 Å². The summed E-state index contributed by atoms with van der Waals surface area (Å²) in [5, 5.41) is 0. The van der Waals surface area contributed by atoms with Gasteiger partial charge in [-0.3, -0.25) is 0 Å². The molecule has 0 aromatic heterocycles. The van der Waals surface area contributed by atoms with Gasteiger partial charge in [0.2, 0.25) is 0 Å². The molecule has 0 fully saturated rings. The first kappa shape index (κ1) is 11.7. The molecule has 0 amide bonds. The number of hydrogen-bond donors (Lipinski definition) is 0. The van der Waals surface area contributed by atoms with Gasteiger partial charge in [0.05, 0.1) is 0 Å². The third-order valence-electron chi connectivity index (χ3n) is 0. The molecule has 0 aliphatic heterocycles. The average Bonchev–Trinajstić information content (AvgIpc) is 1.25. The molecule has 0 N–H and O–H groups in total. The van der Waals surface area contributed by atoms with E-state index in [0.717, 1.165) is 0 Å². The van der Waals surface area contributed by atoms with Gasteiger partial charge in [-0.05, 0) is 0 Å². The fraction of sp³-hybridized carbons (Fsp3) is 1.00. The molecule has 52 valence electrons. The smallest absolute Gasteiger partial charge is 0.00888 e. The van der Waals surface area contributed by atoms with Crippen molar-refractivity contribution in [3.8, 4) is 0 Å². The summed E-state index contributed by atoms with van der Waals surface area (Å²) < 4.78 is 0. The molecule has 0 nitrogen and oxygen atoms in total. The molecule has 0 radical (unpaired) electrons. The van der Waals surface area contributed by atoms with Crippen LogP contribution >= 0.6 is 31.9 Å². The van der Waals surface area contributed by atoms with E-state index >= 15 is 0 Å².